The van der Waals surface area contributed by atoms with Crippen molar-refractivity contribution in [3.8, 4) is 0 Å². The van der Waals surface area contributed by atoms with Crippen molar-refractivity contribution < 1.29 is 9.53 Å². The Balaban J connectivity index is 1.53. The molecule has 1 aliphatic rings. The van der Waals surface area contributed by atoms with E-state index in [4.69, 9.17) is 4.74 Å². The number of aromatic nitrogens is 2. The maximum Gasteiger partial charge on any atom is 0.262 e. The van der Waals surface area contributed by atoms with Crippen LogP contribution in [0.2, 0.25) is 0 Å². The minimum absolute atomic E-state index is 0.0604. The average molecular weight is 393 g/mol. The van der Waals surface area contributed by atoms with E-state index in [2.05, 4.69) is 42.9 Å². The van der Waals surface area contributed by atoms with Crippen LogP contribution in [-0.2, 0) is 16.1 Å². The van der Waals surface area contributed by atoms with Gasteiger partial charge in [-0.15, -0.1) is 11.3 Å². The normalized spacial score (nSPS) is 21.5. The largest absolute Gasteiger partial charge is 0.373 e. The van der Waals surface area contributed by atoms with Crippen LogP contribution in [0.5, 0.6) is 0 Å². The number of hydrogen-bond acceptors (Lipinski definition) is 6. The lowest BCUT2D eigenvalue weighted by atomic mass is 10.00. The quantitative estimate of drug-likeness (QED) is 0.812. The summed E-state index contributed by atoms with van der Waals surface area (Å²) in [7, 11) is 0. The molecule has 1 amide bonds. The van der Waals surface area contributed by atoms with Crippen LogP contribution in [0.4, 0.5) is 0 Å². The molecule has 2 aromatic rings. The van der Waals surface area contributed by atoms with Gasteiger partial charge in [0.25, 0.3) is 5.56 Å². The summed E-state index contributed by atoms with van der Waals surface area (Å²) in [5.74, 6) is -0.0604. The number of hydrogen-bond donors (Lipinski definition) is 1. The number of ether oxygens (including phenoxy) is 1. The van der Waals surface area contributed by atoms with Crippen LogP contribution in [-0.4, -0.2) is 57.7 Å². The third-order valence-corrected chi connectivity index (χ3v) is 5.84. The van der Waals surface area contributed by atoms with Crippen LogP contribution >= 0.6 is 11.3 Å². The second-order valence-electron chi connectivity index (χ2n) is 7.88. The first-order valence-electron chi connectivity index (χ1n) is 9.36. The van der Waals surface area contributed by atoms with Crippen LogP contribution < -0.4 is 10.9 Å². The zero-order valence-corrected chi connectivity index (χ0v) is 17.2. The predicted octanol–water partition coefficient (Wildman–Crippen LogP) is 1.85. The molecule has 0 spiro atoms. The molecule has 2 unspecified atom stereocenters. The van der Waals surface area contributed by atoms with Gasteiger partial charge >= 0.3 is 0 Å². The Hall–Kier alpha value is -1.77. The molecular weight excluding hydrogens is 364 g/mol. The lowest BCUT2D eigenvalue weighted by molar-refractivity contribution is -0.123. The van der Waals surface area contributed by atoms with E-state index in [-0.39, 0.29) is 35.6 Å². The second-order valence-corrected chi connectivity index (χ2v) is 8.78. The van der Waals surface area contributed by atoms with Gasteiger partial charge in [0.2, 0.25) is 5.91 Å². The molecule has 148 valence electrons. The summed E-state index contributed by atoms with van der Waals surface area (Å²) >= 11 is 1.44. The van der Waals surface area contributed by atoms with Crippen LogP contribution in [0.25, 0.3) is 10.2 Å². The monoisotopic (exact) mass is 392 g/mol. The number of nitrogens with zero attached hydrogens (tertiary/aromatic N) is 3. The number of fused-ring (bicyclic) bond motifs is 1. The molecule has 3 rings (SSSR count). The van der Waals surface area contributed by atoms with Crippen molar-refractivity contribution in [3.63, 3.8) is 0 Å². The van der Waals surface area contributed by atoms with Crippen molar-refractivity contribution >= 4 is 27.5 Å². The standard InChI is InChI=1S/C19H28N4O3S/c1-13-9-23(10-14(2)26-13)19(3,4)11-20-16(24)5-7-22-12-21-17-15(18(22)25)6-8-27-17/h6,8,12-14H,5,7,9-11H2,1-4H3,(H,20,24). The zero-order chi connectivity index (χ0) is 19.6. The zero-order valence-electron chi connectivity index (χ0n) is 16.4. The molecule has 3 heterocycles. The highest BCUT2D eigenvalue weighted by Gasteiger charge is 2.33. The molecule has 7 nitrogen and oxygen atoms in total. The third-order valence-electron chi connectivity index (χ3n) is 5.02. The molecule has 1 saturated heterocycles. The van der Waals surface area contributed by atoms with Crippen LogP contribution in [0.3, 0.4) is 0 Å². The SMILES string of the molecule is CC1CN(C(C)(C)CNC(=O)CCn2cnc3sccc3c2=O)CC(C)O1. The highest BCUT2D eigenvalue weighted by Crippen LogP contribution is 2.20. The molecule has 0 aromatic carbocycles. The Labute approximate surface area is 163 Å². The Kier molecular flexibility index (Phi) is 5.98. The van der Waals surface area contributed by atoms with Gasteiger partial charge in [0, 0.05) is 38.1 Å². The highest BCUT2D eigenvalue weighted by molar-refractivity contribution is 7.16. The van der Waals surface area contributed by atoms with E-state index in [1.807, 2.05) is 5.38 Å². The molecule has 0 saturated carbocycles. The van der Waals surface area contributed by atoms with Gasteiger partial charge in [-0.3, -0.25) is 19.1 Å². The van der Waals surface area contributed by atoms with Crippen LogP contribution in [0.15, 0.2) is 22.6 Å². The first-order chi connectivity index (χ1) is 12.8. The number of morpholine rings is 1. The number of rotatable bonds is 6. The summed E-state index contributed by atoms with van der Waals surface area (Å²) in [6.07, 6.45) is 2.16. The Morgan fingerprint density at radius 2 is 2.07 bits per heavy atom. The first-order valence-corrected chi connectivity index (χ1v) is 10.2. The first kappa shape index (κ1) is 20.0. The summed E-state index contributed by atoms with van der Waals surface area (Å²) in [5, 5.41) is 5.48. The summed E-state index contributed by atoms with van der Waals surface area (Å²) < 4.78 is 7.30. The van der Waals surface area contributed by atoms with Crippen LogP contribution in [0, 0.1) is 0 Å². The molecule has 0 aliphatic carbocycles. The maximum atomic E-state index is 12.4. The van der Waals surface area contributed by atoms with E-state index >= 15 is 0 Å². The van der Waals surface area contributed by atoms with Crippen molar-refractivity contribution in [2.24, 2.45) is 0 Å². The van der Waals surface area contributed by atoms with E-state index in [1.54, 1.807) is 6.07 Å². The smallest absolute Gasteiger partial charge is 0.262 e. The molecule has 0 bridgehead atoms. The van der Waals surface area contributed by atoms with Crippen molar-refractivity contribution in [2.45, 2.75) is 58.4 Å². The van der Waals surface area contributed by atoms with E-state index in [9.17, 15) is 9.59 Å². The number of nitrogens with one attached hydrogen (secondary N) is 1. The molecular formula is C19H28N4O3S. The van der Waals surface area contributed by atoms with E-state index in [0.717, 1.165) is 17.9 Å². The predicted molar refractivity (Wildman–Crippen MR) is 107 cm³/mol. The lowest BCUT2D eigenvalue weighted by Gasteiger charge is -2.45. The van der Waals surface area contributed by atoms with Crippen LogP contribution in [0.1, 0.15) is 34.1 Å². The summed E-state index contributed by atoms with van der Waals surface area (Å²) in [5.41, 5.74) is -0.249. The fourth-order valence-corrected chi connectivity index (χ4v) is 4.19. The minimum atomic E-state index is -0.157. The molecule has 0 radical (unpaired) electrons. The van der Waals surface area contributed by atoms with Gasteiger partial charge in [0.1, 0.15) is 4.83 Å². The van der Waals surface area contributed by atoms with Gasteiger partial charge in [-0.25, -0.2) is 4.98 Å². The number of carbonyl (C=O) groups excluding carboxylic acids is 1. The lowest BCUT2D eigenvalue weighted by Crippen LogP contribution is -2.58. The van der Waals surface area contributed by atoms with Gasteiger partial charge in [0.15, 0.2) is 0 Å². The molecule has 1 N–H and O–H groups in total. The molecule has 2 aromatic heterocycles. The Bertz CT molecular complexity index is 850. The summed E-state index contributed by atoms with van der Waals surface area (Å²) in [6, 6.07) is 1.78. The van der Waals surface area contributed by atoms with Crippen molar-refractivity contribution in [2.75, 3.05) is 19.6 Å². The van der Waals surface area contributed by atoms with Gasteiger partial charge < -0.3 is 10.1 Å². The van der Waals surface area contributed by atoms with E-state index in [1.165, 1.54) is 22.2 Å². The number of carbonyl (C=O) groups is 1. The van der Waals surface area contributed by atoms with E-state index < -0.39 is 0 Å². The fourth-order valence-electron chi connectivity index (χ4n) is 3.46. The van der Waals surface area contributed by atoms with Gasteiger partial charge in [-0.05, 0) is 39.1 Å². The topological polar surface area (TPSA) is 76.5 Å². The fraction of sp³-hybridized carbons (Fsp3) is 0.632. The molecule has 1 fully saturated rings. The Morgan fingerprint density at radius 3 is 2.78 bits per heavy atom. The van der Waals surface area contributed by atoms with Gasteiger partial charge in [0.05, 0.1) is 23.9 Å². The molecule has 27 heavy (non-hydrogen) atoms. The molecule has 1 aliphatic heterocycles. The Morgan fingerprint density at radius 1 is 1.37 bits per heavy atom. The number of thiophene rings is 1. The van der Waals surface area contributed by atoms with Crippen molar-refractivity contribution in [1.29, 1.82) is 0 Å². The van der Waals surface area contributed by atoms with Crippen molar-refractivity contribution in [3.05, 3.63) is 28.1 Å². The molecule has 8 heteroatoms. The third kappa shape index (κ3) is 4.75. The van der Waals surface area contributed by atoms with Crippen molar-refractivity contribution in [1.82, 2.24) is 19.8 Å². The van der Waals surface area contributed by atoms with Gasteiger partial charge in [-0.1, -0.05) is 0 Å². The summed E-state index contributed by atoms with van der Waals surface area (Å²) in [4.78, 5) is 32.0. The maximum absolute atomic E-state index is 12.4. The molecule has 2 atom stereocenters. The second kappa shape index (κ2) is 8.08. The summed E-state index contributed by atoms with van der Waals surface area (Å²) in [6.45, 7) is 11.0. The van der Waals surface area contributed by atoms with E-state index in [0.29, 0.717) is 18.5 Å². The minimum Gasteiger partial charge on any atom is -0.373 e. The van der Waals surface area contributed by atoms with Gasteiger partial charge in [-0.2, -0.15) is 0 Å². The average Bonchev–Trinajstić information content (AvgIpc) is 3.08. The number of aryl methyl sites for hydroxylation is 1. The highest BCUT2D eigenvalue weighted by atomic mass is 32.1. The number of amides is 1.